The van der Waals surface area contributed by atoms with Crippen LogP contribution >= 0.6 is 0 Å². The normalized spacial score (nSPS) is 28.7. The monoisotopic (exact) mass is 426 g/mol. The molecule has 3 fully saturated rings. The van der Waals surface area contributed by atoms with Crippen molar-refractivity contribution in [1.29, 1.82) is 0 Å². The molecule has 0 bridgehead atoms. The second-order valence-corrected chi connectivity index (χ2v) is 9.01. The Bertz CT molecular complexity index is 909. The van der Waals surface area contributed by atoms with Gasteiger partial charge in [-0.25, -0.2) is 9.97 Å². The summed E-state index contributed by atoms with van der Waals surface area (Å²) in [5.41, 5.74) is 1.23. The Balaban J connectivity index is 1.23. The molecule has 2 saturated heterocycles. The number of rotatable bonds is 3. The van der Waals surface area contributed by atoms with Gasteiger partial charge in [0.15, 0.2) is 0 Å². The lowest BCUT2D eigenvalue weighted by atomic mass is 9.79. The minimum Gasteiger partial charge on any atom is -0.390 e. The van der Waals surface area contributed by atoms with Gasteiger partial charge in [0.2, 0.25) is 5.95 Å². The molecular formula is C22H30N6O3. The predicted octanol–water partition coefficient (Wildman–Crippen LogP) is 0.249. The van der Waals surface area contributed by atoms with Crippen LogP contribution in [0.15, 0.2) is 30.7 Å². The maximum atomic E-state index is 13.1. The molecule has 1 saturated carbocycles. The molecule has 2 aromatic rings. The van der Waals surface area contributed by atoms with Gasteiger partial charge >= 0.3 is 0 Å². The number of fused-ring (bicyclic) bond motifs is 1. The zero-order valence-electron chi connectivity index (χ0n) is 17.8. The molecule has 1 amide bonds. The molecule has 5 rings (SSSR count). The topological polar surface area (TPSA) is 98.0 Å². The van der Waals surface area contributed by atoms with Gasteiger partial charge in [0.1, 0.15) is 0 Å². The first-order valence-electron chi connectivity index (χ1n) is 11.1. The van der Waals surface area contributed by atoms with Crippen LogP contribution in [0.4, 0.5) is 5.95 Å². The Labute approximate surface area is 181 Å². The zero-order valence-corrected chi connectivity index (χ0v) is 17.8. The van der Waals surface area contributed by atoms with E-state index in [2.05, 4.69) is 24.6 Å². The second-order valence-electron chi connectivity index (χ2n) is 9.01. The molecule has 0 spiro atoms. The number of aryl methyl sites for hydroxylation is 1. The molecule has 1 aliphatic carbocycles. The van der Waals surface area contributed by atoms with Crippen LogP contribution in [-0.2, 0) is 0 Å². The molecule has 4 unspecified atom stereocenters. The molecule has 2 aromatic heterocycles. The van der Waals surface area contributed by atoms with E-state index in [1.165, 1.54) is 0 Å². The van der Waals surface area contributed by atoms with Crippen LogP contribution in [0, 0.1) is 18.8 Å². The van der Waals surface area contributed by atoms with Crippen LogP contribution in [0.1, 0.15) is 28.9 Å². The van der Waals surface area contributed by atoms with Crippen LogP contribution in [-0.4, -0.2) is 87.1 Å². The van der Waals surface area contributed by atoms with Gasteiger partial charge in [-0.05, 0) is 43.7 Å². The first-order chi connectivity index (χ1) is 15.0. The number of nitrogens with zero attached hydrogens (tertiary/aromatic N) is 6. The number of amides is 1. The number of aromatic nitrogens is 3. The van der Waals surface area contributed by atoms with E-state index < -0.39 is 12.2 Å². The molecule has 0 radical (unpaired) electrons. The summed E-state index contributed by atoms with van der Waals surface area (Å²) in [6.07, 6.45) is 5.50. The lowest BCUT2D eigenvalue weighted by Gasteiger charge is -2.36. The Morgan fingerprint density at radius 2 is 1.61 bits per heavy atom. The Kier molecular flexibility index (Phi) is 5.31. The van der Waals surface area contributed by atoms with E-state index in [4.69, 9.17) is 0 Å². The summed E-state index contributed by atoms with van der Waals surface area (Å²) in [5.74, 6) is 1.11. The Morgan fingerprint density at radius 1 is 1.00 bits per heavy atom. The van der Waals surface area contributed by atoms with Crippen molar-refractivity contribution in [2.45, 2.75) is 32.0 Å². The van der Waals surface area contributed by atoms with Crippen LogP contribution in [0.25, 0.3) is 0 Å². The van der Waals surface area contributed by atoms with E-state index >= 15 is 0 Å². The molecule has 3 aliphatic rings. The lowest BCUT2D eigenvalue weighted by Crippen LogP contribution is -2.51. The fourth-order valence-electron chi connectivity index (χ4n) is 5.20. The maximum Gasteiger partial charge on any atom is 0.257 e. The summed E-state index contributed by atoms with van der Waals surface area (Å²) in [6, 6.07) is 4.04. The van der Waals surface area contributed by atoms with Crippen LogP contribution < -0.4 is 9.91 Å². The van der Waals surface area contributed by atoms with Crippen molar-refractivity contribution in [2.75, 3.05) is 49.2 Å². The highest BCUT2D eigenvalue weighted by Gasteiger charge is 2.42. The number of aliphatic hydroxyl groups is 2. The van der Waals surface area contributed by atoms with Crippen molar-refractivity contribution in [2.24, 2.45) is 11.8 Å². The van der Waals surface area contributed by atoms with Gasteiger partial charge in [0.05, 0.1) is 36.6 Å². The third-order valence-electron chi connectivity index (χ3n) is 7.05. The number of anilines is 1. The maximum absolute atomic E-state index is 13.1. The fourth-order valence-corrected chi connectivity index (χ4v) is 5.20. The van der Waals surface area contributed by atoms with Gasteiger partial charge < -0.3 is 25.0 Å². The van der Waals surface area contributed by atoms with Crippen molar-refractivity contribution in [3.8, 4) is 0 Å². The highest BCUT2D eigenvalue weighted by molar-refractivity contribution is 5.95. The molecule has 31 heavy (non-hydrogen) atoms. The number of carbonyl (C=O) groups excluding carboxylic acids is 1. The van der Waals surface area contributed by atoms with Gasteiger partial charge in [-0.15, -0.1) is 0 Å². The van der Waals surface area contributed by atoms with Crippen LogP contribution in [0.5, 0.6) is 0 Å². The van der Waals surface area contributed by atoms with Crippen molar-refractivity contribution in [1.82, 2.24) is 19.5 Å². The number of likely N-dealkylation sites (tertiary alicyclic amines) is 1. The quantitative estimate of drug-likeness (QED) is 0.726. The molecule has 166 valence electrons. The number of carbonyl (C=O) groups is 1. The second kappa shape index (κ2) is 8.12. The summed E-state index contributed by atoms with van der Waals surface area (Å²) in [4.78, 5) is 26.3. The molecular weight excluding hydrogens is 396 g/mol. The van der Waals surface area contributed by atoms with Crippen molar-refractivity contribution >= 4 is 11.9 Å². The van der Waals surface area contributed by atoms with Gasteiger partial charge in [0, 0.05) is 44.8 Å². The zero-order chi connectivity index (χ0) is 21.5. The minimum absolute atomic E-state index is 0.0557. The van der Waals surface area contributed by atoms with E-state index in [-0.39, 0.29) is 17.7 Å². The third-order valence-corrected chi connectivity index (χ3v) is 7.05. The standard InChI is InChI=1S/C22H30N6O3/c1-15-18(21(31)26-13-16-10-19(29)20(30)11-17(16)14-26)12-23-22(24-15)25-6-8-28(9-7-25)27-4-2-3-5-27/h2-5,12,16-17,19-20,29-30H,6-11,13-14H2,1H3. The van der Waals surface area contributed by atoms with Crippen LogP contribution in [0.3, 0.4) is 0 Å². The number of aliphatic hydroxyl groups excluding tert-OH is 2. The highest BCUT2D eigenvalue weighted by atomic mass is 16.3. The van der Waals surface area contributed by atoms with Crippen LogP contribution in [0.2, 0.25) is 0 Å². The molecule has 9 nitrogen and oxygen atoms in total. The van der Waals surface area contributed by atoms with E-state index in [9.17, 15) is 15.0 Å². The fraction of sp³-hybridized carbons (Fsp3) is 0.591. The third kappa shape index (κ3) is 3.87. The summed E-state index contributed by atoms with van der Waals surface area (Å²) in [6.45, 7) is 6.52. The van der Waals surface area contributed by atoms with Gasteiger partial charge in [0.25, 0.3) is 5.91 Å². The molecule has 9 heteroatoms. The van der Waals surface area contributed by atoms with Crippen molar-refractivity contribution < 1.29 is 15.0 Å². The largest absolute Gasteiger partial charge is 0.390 e. The highest BCUT2D eigenvalue weighted by Crippen LogP contribution is 2.37. The number of hydrogen-bond acceptors (Lipinski definition) is 7. The van der Waals surface area contributed by atoms with Gasteiger partial charge in [-0.1, -0.05) is 0 Å². The smallest absolute Gasteiger partial charge is 0.257 e. The lowest BCUT2D eigenvalue weighted by molar-refractivity contribution is -0.0372. The SMILES string of the molecule is Cc1nc(N2CCN(n3cccc3)CC2)ncc1C(=O)N1CC2CC(O)C(O)CC2C1. The average Bonchev–Trinajstić information content (AvgIpc) is 3.44. The first kappa shape index (κ1) is 20.3. The van der Waals surface area contributed by atoms with Gasteiger partial charge in [-0.2, -0.15) is 0 Å². The number of hydrogen-bond donors (Lipinski definition) is 2. The predicted molar refractivity (Wildman–Crippen MR) is 115 cm³/mol. The van der Waals surface area contributed by atoms with Crippen molar-refractivity contribution in [3.63, 3.8) is 0 Å². The molecule has 2 aliphatic heterocycles. The summed E-state index contributed by atoms with van der Waals surface area (Å²) in [7, 11) is 0. The minimum atomic E-state index is -0.682. The average molecular weight is 427 g/mol. The summed E-state index contributed by atoms with van der Waals surface area (Å²) in [5, 5.41) is 22.2. The van der Waals surface area contributed by atoms with E-state index in [1.807, 2.05) is 36.4 Å². The van der Waals surface area contributed by atoms with E-state index in [1.54, 1.807) is 6.20 Å². The molecule has 4 atom stereocenters. The summed E-state index contributed by atoms with van der Waals surface area (Å²) >= 11 is 0. The summed E-state index contributed by atoms with van der Waals surface area (Å²) < 4.78 is 2.11. The Morgan fingerprint density at radius 3 is 2.19 bits per heavy atom. The molecule has 0 aromatic carbocycles. The first-order valence-corrected chi connectivity index (χ1v) is 11.1. The van der Waals surface area contributed by atoms with Gasteiger partial charge in [-0.3, -0.25) is 9.47 Å². The molecule has 4 heterocycles. The van der Waals surface area contributed by atoms with Crippen molar-refractivity contribution in [3.05, 3.63) is 42.0 Å². The van der Waals surface area contributed by atoms with E-state index in [0.29, 0.717) is 43.1 Å². The van der Waals surface area contributed by atoms with E-state index in [0.717, 1.165) is 26.2 Å². The molecule has 2 N–H and O–H groups in total. The number of piperazine rings is 1. The Hall–Kier alpha value is -2.65.